The van der Waals surface area contributed by atoms with Crippen LogP contribution in [0, 0.1) is 17.5 Å². The predicted molar refractivity (Wildman–Crippen MR) is 73.5 cm³/mol. The highest BCUT2D eigenvalue weighted by Gasteiger charge is 2.19. The van der Waals surface area contributed by atoms with Crippen molar-refractivity contribution in [2.75, 3.05) is 0 Å². The average Bonchev–Trinajstić information content (AvgIpc) is 2.39. The fourth-order valence-corrected chi connectivity index (χ4v) is 2.23. The highest BCUT2D eigenvalue weighted by atomic mass is 79.9. The van der Waals surface area contributed by atoms with E-state index in [0.717, 1.165) is 12.1 Å². The third-order valence-corrected chi connectivity index (χ3v) is 3.56. The van der Waals surface area contributed by atoms with E-state index in [0.29, 0.717) is 0 Å². The first kappa shape index (κ1) is 15.1. The highest BCUT2D eigenvalue weighted by molar-refractivity contribution is 9.10. The number of carbonyl (C=O) groups is 1. The molecule has 0 atom stereocenters. The van der Waals surface area contributed by atoms with Crippen molar-refractivity contribution in [3.63, 3.8) is 0 Å². The van der Waals surface area contributed by atoms with Crippen molar-refractivity contribution < 1.29 is 18.0 Å². The molecule has 0 aliphatic carbocycles. The van der Waals surface area contributed by atoms with E-state index in [9.17, 15) is 18.0 Å². The largest absolute Gasteiger partial charge is 0.294 e. The molecule has 0 saturated heterocycles. The number of hydrogen-bond donors (Lipinski definition) is 0. The van der Waals surface area contributed by atoms with Gasteiger partial charge in [0.05, 0.1) is 10.0 Å². The number of hydrogen-bond acceptors (Lipinski definition) is 1. The van der Waals surface area contributed by atoms with E-state index >= 15 is 0 Å². The molecule has 2 aromatic rings. The molecule has 1 nitrogen and oxygen atoms in total. The molecule has 0 unspecified atom stereocenters. The van der Waals surface area contributed by atoms with Gasteiger partial charge in [0, 0.05) is 17.0 Å². The standard InChI is InChI=1S/C14H7BrClF3O/c15-10-3-4-11(17)9(14(10)19)6-13(20)8-2-1-7(16)5-12(8)18/h1-5H,6H2. The number of rotatable bonds is 3. The molecule has 0 aromatic heterocycles. The van der Waals surface area contributed by atoms with Gasteiger partial charge in [-0.05, 0) is 46.3 Å². The number of ketones is 1. The van der Waals surface area contributed by atoms with Crippen LogP contribution in [-0.2, 0) is 6.42 Å². The molecular formula is C14H7BrClF3O. The van der Waals surface area contributed by atoms with Crippen molar-refractivity contribution >= 4 is 33.3 Å². The quantitative estimate of drug-likeness (QED) is 0.557. The summed E-state index contributed by atoms with van der Waals surface area (Å²) in [7, 11) is 0. The number of carbonyl (C=O) groups excluding carboxylic acids is 1. The summed E-state index contributed by atoms with van der Waals surface area (Å²) in [5.41, 5.74) is -0.660. The van der Waals surface area contributed by atoms with Crippen molar-refractivity contribution in [1.29, 1.82) is 0 Å². The maximum atomic E-state index is 13.7. The van der Waals surface area contributed by atoms with Gasteiger partial charge in [-0.25, -0.2) is 13.2 Å². The van der Waals surface area contributed by atoms with Crippen LogP contribution in [0.3, 0.4) is 0 Å². The van der Waals surface area contributed by atoms with E-state index in [1.54, 1.807) is 0 Å². The van der Waals surface area contributed by atoms with Gasteiger partial charge in [0.1, 0.15) is 17.5 Å². The highest BCUT2D eigenvalue weighted by Crippen LogP contribution is 2.24. The Bertz CT molecular complexity index is 688. The Labute approximate surface area is 126 Å². The monoisotopic (exact) mass is 362 g/mol. The van der Waals surface area contributed by atoms with Crippen LogP contribution in [-0.4, -0.2) is 5.78 Å². The van der Waals surface area contributed by atoms with Gasteiger partial charge in [0.2, 0.25) is 0 Å². The molecule has 0 radical (unpaired) electrons. The van der Waals surface area contributed by atoms with Crippen LogP contribution in [0.25, 0.3) is 0 Å². The fourth-order valence-electron chi connectivity index (χ4n) is 1.70. The van der Waals surface area contributed by atoms with Crippen LogP contribution in [0.2, 0.25) is 5.02 Å². The number of halogens is 5. The molecule has 0 spiro atoms. The summed E-state index contributed by atoms with van der Waals surface area (Å²) in [5.74, 6) is -3.27. The predicted octanol–water partition coefficient (Wildman–Crippen LogP) is 4.95. The molecule has 0 aliphatic rings. The second-order valence-corrected chi connectivity index (χ2v) is 5.34. The molecule has 2 rings (SSSR count). The topological polar surface area (TPSA) is 17.1 Å². The summed E-state index contributed by atoms with van der Waals surface area (Å²) in [6.07, 6.45) is -0.574. The molecule has 20 heavy (non-hydrogen) atoms. The van der Waals surface area contributed by atoms with E-state index in [2.05, 4.69) is 15.9 Å². The van der Waals surface area contributed by atoms with Gasteiger partial charge in [0.15, 0.2) is 5.78 Å². The van der Waals surface area contributed by atoms with Crippen LogP contribution < -0.4 is 0 Å². The normalized spacial score (nSPS) is 10.7. The Hall–Kier alpha value is -1.33. The zero-order valence-corrected chi connectivity index (χ0v) is 12.2. The van der Waals surface area contributed by atoms with Crippen LogP contribution in [0.5, 0.6) is 0 Å². The average molecular weight is 364 g/mol. The lowest BCUT2D eigenvalue weighted by molar-refractivity contribution is 0.0986. The maximum absolute atomic E-state index is 13.7. The lowest BCUT2D eigenvalue weighted by atomic mass is 10.0. The second-order valence-electron chi connectivity index (χ2n) is 4.05. The zero-order chi connectivity index (χ0) is 14.9. The summed E-state index contributed by atoms with van der Waals surface area (Å²) in [5, 5.41) is 0.138. The van der Waals surface area contributed by atoms with Gasteiger partial charge < -0.3 is 0 Å². The molecular weight excluding hydrogens is 357 g/mol. The van der Waals surface area contributed by atoms with Gasteiger partial charge in [-0.3, -0.25) is 4.79 Å². The van der Waals surface area contributed by atoms with Crippen LogP contribution in [0.4, 0.5) is 13.2 Å². The van der Waals surface area contributed by atoms with Crippen molar-refractivity contribution in [2.45, 2.75) is 6.42 Å². The Morgan fingerprint density at radius 2 is 1.80 bits per heavy atom. The lowest BCUT2D eigenvalue weighted by Gasteiger charge is -2.07. The van der Waals surface area contributed by atoms with Crippen molar-refractivity contribution in [3.8, 4) is 0 Å². The van der Waals surface area contributed by atoms with E-state index in [-0.39, 0.29) is 15.1 Å². The molecule has 0 fully saturated rings. The van der Waals surface area contributed by atoms with Crippen LogP contribution in [0.15, 0.2) is 34.8 Å². The molecule has 0 N–H and O–H groups in total. The summed E-state index contributed by atoms with van der Waals surface area (Å²) in [6.45, 7) is 0. The summed E-state index contributed by atoms with van der Waals surface area (Å²) < 4.78 is 40.9. The first-order valence-corrected chi connectivity index (χ1v) is 6.68. The first-order chi connectivity index (χ1) is 9.40. The second kappa shape index (κ2) is 5.97. The zero-order valence-electron chi connectivity index (χ0n) is 9.89. The first-order valence-electron chi connectivity index (χ1n) is 5.50. The molecule has 0 bridgehead atoms. The van der Waals surface area contributed by atoms with Crippen molar-refractivity contribution in [3.05, 3.63) is 68.4 Å². The minimum absolute atomic E-state index is 0.0401. The minimum atomic E-state index is -0.868. The van der Waals surface area contributed by atoms with E-state index in [4.69, 9.17) is 11.6 Å². The number of Topliss-reactive ketones (excluding diaryl/α,β-unsaturated/α-hetero) is 1. The van der Waals surface area contributed by atoms with Gasteiger partial charge in [-0.1, -0.05) is 11.6 Å². The smallest absolute Gasteiger partial charge is 0.170 e. The van der Waals surface area contributed by atoms with Crippen LogP contribution in [0.1, 0.15) is 15.9 Å². The molecule has 0 saturated carbocycles. The van der Waals surface area contributed by atoms with Gasteiger partial charge >= 0.3 is 0 Å². The van der Waals surface area contributed by atoms with Crippen molar-refractivity contribution in [2.24, 2.45) is 0 Å². The molecule has 104 valence electrons. The Kier molecular flexibility index (Phi) is 4.50. The van der Waals surface area contributed by atoms with E-state index in [1.807, 2.05) is 0 Å². The lowest BCUT2D eigenvalue weighted by Crippen LogP contribution is -2.09. The summed E-state index contributed by atoms with van der Waals surface area (Å²) in [4.78, 5) is 11.9. The molecule has 0 amide bonds. The summed E-state index contributed by atoms with van der Waals surface area (Å²) in [6, 6.07) is 5.73. The summed E-state index contributed by atoms with van der Waals surface area (Å²) >= 11 is 8.48. The third-order valence-electron chi connectivity index (χ3n) is 2.71. The van der Waals surface area contributed by atoms with Crippen molar-refractivity contribution in [1.82, 2.24) is 0 Å². The maximum Gasteiger partial charge on any atom is 0.170 e. The SMILES string of the molecule is O=C(Cc1c(F)ccc(Br)c1F)c1ccc(Cl)cc1F. The van der Waals surface area contributed by atoms with E-state index in [1.165, 1.54) is 18.2 Å². The molecule has 0 heterocycles. The minimum Gasteiger partial charge on any atom is -0.294 e. The molecule has 0 aliphatic heterocycles. The number of benzene rings is 2. The Morgan fingerprint density at radius 3 is 2.45 bits per heavy atom. The Morgan fingerprint density at radius 1 is 1.10 bits per heavy atom. The van der Waals surface area contributed by atoms with E-state index < -0.39 is 35.2 Å². The van der Waals surface area contributed by atoms with Gasteiger partial charge in [0.25, 0.3) is 0 Å². The third kappa shape index (κ3) is 3.04. The fraction of sp³-hybridized carbons (Fsp3) is 0.0714. The van der Waals surface area contributed by atoms with Gasteiger partial charge in [-0.15, -0.1) is 0 Å². The van der Waals surface area contributed by atoms with Crippen LogP contribution >= 0.6 is 27.5 Å². The Balaban J connectivity index is 2.35. The molecule has 6 heteroatoms. The van der Waals surface area contributed by atoms with Gasteiger partial charge in [-0.2, -0.15) is 0 Å². The molecule has 2 aromatic carbocycles.